The van der Waals surface area contributed by atoms with Crippen LogP contribution in [0.3, 0.4) is 0 Å². The van der Waals surface area contributed by atoms with Crippen LogP contribution in [0.5, 0.6) is 5.75 Å². The summed E-state index contributed by atoms with van der Waals surface area (Å²) in [4.78, 5) is 12.1. The Kier molecular flexibility index (Phi) is 4.74. The molecular formula is C15H15BrN2O2. The largest absolute Gasteiger partial charge is 0.494 e. The number of nitrogens with zero attached hydrogens (tertiary/aromatic N) is 2. The van der Waals surface area contributed by atoms with E-state index in [1.54, 1.807) is 24.0 Å². The Morgan fingerprint density at radius 1 is 1.40 bits per heavy atom. The monoisotopic (exact) mass is 334 g/mol. The molecule has 0 atom stereocenters. The molecule has 0 radical (unpaired) electrons. The highest BCUT2D eigenvalue weighted by atomic mass is 79.9. The summed E-state index contributed by atoms with van der Waals surface area (Å²) < 4.78 is 7.61. The Labute approximate surface area is 126 Å². The SMILES string of the molecule is CCOc1ccc(/C=C/C(=O)c2c(Br)cnn2C)cc1. The zero-order valence-corrected chi connectivity index (χ0v) is 12.9. The zero-order chi connectivity index (χ0) is 14.5. The van der Waals surface area contributed by atoms with Crippen molar-refractivity contribution in [3.05, 3.63) is 52.3 Å². The number of ketones is 1. The van der Waals surface area contributed by atoms with Gasteiger partial charge in [0, 0.05) is 7.05 Å². The molecule has 0 saturated carbocycles. The summed E-state index contributed by atoms with van der Waals surface area (Å²) in [7, 11) is 1.74. The minimum Gasteiger partial charge on any atom is -0.494 e. The van der Waals surface area contributed by atoms with Crippen molar-refractivity contribution >= 4 is 27.8 Å². The molecule has 0 bridgehead atoms. The van der Waals surface area contributed by atoms with E-state index < -0.39 is 0 Å². The van der Waals surface area contributed by atoms with Crippen molar-refractivity contribution in [3.63, 3.8) is 0 Å². The van der Waals surface area contributed by atoms with Crippen LogP contribution in [0, 0.1) is 0 Å². The van der Waals surface area contributed by atoms with Gasteiger partial charge in [-0.1, -0.05) is 18.2 Å². The van der Waals surface area contributed by atoms with Crippen molar-refractivity contribution in [3.8, 4) is 5.75 Å². The number of hydrogen-bond acceptors (Lipinski definition) is 3. The maximum Gasteiger partial charge on any atom is 0.205 e. The fourth-order valence-corrected chi connectivity index (χ4v) is 2.32. The third-order valence-corrected chi connectivity index (χ3v) is 3.33. The van der Waals surface area contributed by atoms with Crippen LogP contribution < -0.4 is 4.74 Å². The molecule has 0 fully saturated rings. The van der Waals surface area contributed by atoms with Crippen LogP contribution in [0.4, 0.5) is 0 Å². The van der Waals surface area contributed by atoms with Crippen molar-refractivity contribution in [2.24, 2.45) is 7.05 Å². The first kappa shape index (κ1) is 14.5. The van der Waals surface area contributed by atoms with Crippen LogP contribution in [0.25, 0.3) is 6.08 Å². The summed E-state index contributed by atoms with van der Waals surface area (Å²) in [6.45, 7) is 2.58. The quantitative estimate of drug-likeness (QED) is 0.621. The Morgan fingerprint density at radius 3 is 2.65 bits per heavy atom. The van der Waals surface area contributed by atoms with Crippen molar-refractivity contribution in [1.29, 1.82) is 0 Å². The van der Waals surface area contributed by atoms with E-state index in [1.165, 1.54) is 6.08 Å². The molecule has 0 spiro atoms. The third kappa shape index (κ3) is 3.36. The molecule has 0 aliphatic carbocycles. The Morgan fingerprint density at radius 2 is 2.10 bits per heavy atom. The lowest BCUT2D eigenvalue weighted by Gasteiger charge is -2.02. The van der Waals surface area contributed by atoms with Gasteiger partial charge in [0.2, 0.25) is 5.78 Å². The Hall–Kier alpha value is -1.88. The molecule has 0 N–H and O–H groups in total. The number of carbonyl (C=O) groups is 1. The highest BCUT2D eigenvalue weighted by molar-refractivity contribution is 9.10. The molecule has 104 valence electrons. The number of ether oxygens (including phenoxy) is 1. The first-order valence-electron chi connectivity index (χ1n) is 6.24. The van der Waals surface area contributed by atoms with E-state index in [0.717, 1.165) is 11.3 Å². The van der Waals surface area contributed by atoms with E-state index in [0.29, 0.717) is 16.8 Å². The maximum absolute atomic E-state index is 12.1. The maximum atomic E-state index is 12.1. The second kappa shape index (κ2) is 6.52. The molecule has 0 aliphatic rings. The number of aryl methyl sites for hydroxylation is 1. The van der Waals surface area contributed by atoms with Gasteiger partial charge in [-0.3, -0.25) is 9.48 Å². The second-order valence-electron chi connectivity index (χ2n) is 4.16. The molecule has 2 aromatic rings. The number of aromatic nitrogens is 2. The van der Waals surface area contributed by atoms with Gasteiger partial charge in [0.05, 0.1) is 17.3 Å². The molecule has 4 nitrogen and oxygen atoms in total. The zero-order valence-electron chi connectivity index (χ0n) is 11.3. The minimum atomic E-state index is -0.0919. The molecule has 0 amide bonds. The molecule has 0 saturated heterocycles. The van der Waals surface area contributed by atoms with Gasteiger partial charge in [-0.25, -0.2) is 0 Å². The van der Waals surface area contributed by atoms with Gasteiger partial charge in [0.15, 0.2) is 0 Å². The molecule has 0 unspecified atom stereocenters. The van der Waals surface area contributed by atoms with Gasteiger partial charge in [-0.15, -0.1) is 0 Å². The number of allylic oxidation sites excluding steroid dienone is 1. The lowest BCUT2D eigenvalue weighted by molar-refractivity contribution is 0.103. The summed E-state index contributed by atoms with van der Waals surface area (Å²) in [5.41, 5.74) is 1.48. The van der Waals surface area contributed by atoms with Crippen LogP contribution >= 0.6 is 15.9 Å². The van der Waals surface area contributed by atoms with Gasteiger partial charge < -0.3 is 4.74 Å². The second-order valence-corrected chi connectivity index (χ2v) is 5.02. The van der Waals surface area contributed by atoms with Crippen molar-refractivity contribution in [2.45, 2.75) is 6.92 Å². The van der Waals surface area contributed by atoms with E-state index in [1.807, 2.05) is 31.2 Å². The van der Waals surface area contributed by atoms with Gasteiger partial charge in [-0.2, -0.15) is 5.10 Å². The first-order valence-corrected chi connectivity index (χ1v) is 7.04. The number of benzene rings is 1. The van der Waals surface area contributed by atoms with Gasteiger partial charge in [0.25, 0.3) is 0 Å². The Balaban J connectivity index is 2.11. The van der Waals surface area contributed by atoms with E-state index in [-0.39, 0.29) is 5.78 Å². The topological polar surface area (TPSA) is 44.1 Å². The summed E-state index contributed by atoms with van der Waals surface area (Å²) in [5, 5.41) is 4.02. The number of halogens is 1. The lowest BCUT2D eigenvalue weighted by atomic mass is 10.1. The summed E-state index contributed by atoms with van der Waals surface area (Å²) >= 11 is 3.32. The normalized spacial score (nSPS) is 10.9. The number of hydrogen-bond donors (Lipinski definition) is 0. The predicted octanol–water partition coefficient (Wildman–Crippen LogP) is 3.48. The molecule has 5 heteroatoms. The minimum absolute atomic E-state index is 0.0919. The molecule has 0 aliphatic heterocycles. The molecule has 20 heavy (non-hydrogen) atoms. The third-order valence-electron chi connectivity index (χ3n) is 2.75. The lowest BCUT2D eigenvalue weighted by Crippen LogP contribution is -2.04. The summed E-state index contributed by atoms with van der Waals surface area (Å²) in [6.07, 6.45) is 4.92. The Bertz CT molecular complexity index is 610. The van der Waals surface area contributed by atoms with E-state index in [4.69, 9.17) is 4.74 Å². The fraction of sp³-hybridized carbons (Fsp3) is 0.200. The van der Waals surface area contributed by atoms with Gasteiger partial charge in [0.1, 0.15) is 11.4 Å². The fourth-order valence-electron chi connectivity index (χ4n) is 1.78. The summed E-state index contributed by atoms with van der Waals surface area (Å²) in [6, 6.07) is 7.58. The van der Waals surface area contributed by atoms with Crippen LogP contribution in [-0.4, -0.2) is 22.2 Å². The van der Waals surface area contributed by atoms with Crippen LogP contribution in [0.1, 0.15) is 23.0 Å². The standard InChI is InChI=1S/C15H15BrN2O2/c1-3-20-12-7-4-11(5-8-12)6-9-14(19)15-13(16)10-17-18(15)2/h4-10H,3H2,1-2H3/b9-6+. The number of carbonyl (C=O) groups excluding carboxylic acids is 1. The van der Waals surface area contributed by atoms with E-state index in [2.05, 4.69) is 21.0 Å². The van der Waals surface area contributed by atoms with E-state index in [9.17, 15) is 4.79 Å². The molecule has 1 heterocycles. The van der Waals surface area contributed by atoms with Gasteiger partial charge >= 0.3 is 0 Å². The van der Waals surface area contributed by atoms with Crippen LogP contribution in [0.15, 0.2) is 41.0 Å². The van der Waals surface area contributed by atoms with Crippen molar-refractivity contribution in [2.75, 3.05) is 6.61 Å². The molecular weight excluding hydrogens is 320 g/mol. The van der Waals surface area contributed by atoms with Crippen molar-refractivity contribution in [1.82, 2.24) is 9.78 Å². The van der Waals surface area contributed by atoms with E-state index >= 15 is 0 Å². The summed E-state index contributed by atoms with van der Waals surface area (Å²) in [5.74, 6) is 0.733. The van der Waals surface area contributed by atoms with Crippen molar-refractivity contribution < 1.29 is 9.53 Å². The molecule has 1 aromatic heterocycles. The number of rotatable bonds is 5. The smallest absolute Gasteiger partial charge is 0.205 e. The molecule has 1 aromatic carbocycles. The first-order chi connectivity index (χ1) is 9.61. The van der Waals surface area contributed by atoms with Gasteiger partial charge in [-0.05, 0) is 46.6 Å². The van der Waals surface area contributed by atoms with Crippen LogP contribution in [0.2, 0.25) is 0 Å². The molecule has 2 rings (SSSR count). The highest BCUT2D eigenvalue weighted by Crippen LogP contribution is 2.17. The highest BCUT2D eigenvalue weighted by Gasteiger charge is 2.12. The predicted molar refractivity (Wildman–Crippen MR) is 81.9 cm³/mol. The average molecular weight is 335 g/mol. The van der Waals surface area contributed by atoms with Crippen LogP contribution in [-0.2, 0) is 7.05 Å². The average Bonchev–Trinajstić information content (AvgIpc) is 2.77.